The molecule has 0 unspecified atom stereocenters. The SMILES string of the molecule is Cc1nn(-c2nc(-c3ccccc3)cs2)c(C)c1CC(=O)Nc1ccc(F)cc1. The van der Waals surface area contributed by atoms with E-state index in [9.17, 15) is 9.18 Å². The van der Waals surface area contributed by atoms with Crippen LogP contribution in [-0.2, 0) is 11.2 Å². The number of hydrogen-bond donors (Lipinski definition) is 1. The summed E-state index contributed by atoms with van der Waals surface area (Å²) < 4.78 is 14.8. The van der Waals surface area contributed by atoms with Crippen molar-refractivity contribution in [3.8, 4) is 16.4 Å². The smallest absolute Gasteiger partial charge is 0.228 e. The summed E-state index contributed by atoms with van der Waals surface area (Å²) in [4.78, 5) is 17.2. The van der Waals surface area contributed by atoms with E-state index < -0.39 is 0 Å². The number of anilines is 1. The molecule has 7 heteroatoms. The first-order valence-electron chi connectivity index (χ1n) is 9.13. The number of halogens is 1. The number of nitrogens with one attached hydrogen (secondary N) is 1. The zero-order chi connectivity index (χ0) is 20.4. The number of aromatic nitrogens is 3. The number of aryl methyl sites for hydroxylation is 1. The lowest BCUT2D eigenvalue weighted by Gasteiger charge is -2.06. The Kier molecular flexibility index (Phi) is 5.22. The molecule has 2 aromatic heterocycles. The monoisotopic (exact) mass is 406 g/mol. The highest BCUT2D eigenvalue weighted by atomic mass is 32.1. The summed E-state index contributed by atoms with van der Waals surface area (Å²) in [5, 5.41) is 10.1. The maximum atomic E-state index is 13.0. The predicted molar refractivity (Wildman–Crippen MR) is 113 cm³/mol. The first kappa shape index (κ1) is 19.0. The average molecular weight is 406 g/mol. The lowest BCUT2D eigenvalue weighted by Crippen LogP contribution is -2.15. The Morgan fingerprint density at radius 3 is 2.55 bits per heavy atom. The second-order valence-corrected chi connectivity index (χ2v) is 7.51. The molecular weight excluding hydrogens is 387 g/mol. The Balaban J connectivity index is 1.54. The molecule has 1 N–H and O–H groups in total. The third-order valence-electron chi connectivity index (χ3n) is 4.65. The number of benzene rings is 2. The highest BCUT2D eigenvalue weighted by Gasteiger charge is 2.18. The molecule has 29 heavy (non-hydrogen) atoms. The van der Waals surface area contributed by atoms with E-state index in [2.05, 4.69) is 10.4 Å². The van der Waals surface area contributed by atoms with E-state index in [0.29, 0.717) is 5.69 Å². The highest BCUT2D eigenvalue weighted by Crippen LogP contribution is 2.26. The molecule has 0 aliphatic rings. The van der Waals surface area contributed by atoms with Gasteiger partial charge in [-0.1, -0.05) is 30.3 Å². The van der Waals surface area contributed by atoms with Crippen LogP contribution in [0.25, 0.3) is 16.4 Å². The Bertz CT molecular complexity index is 1150. The van der Waals surface area contributed by atoms with Gasteiger partial charge in [0.05, 0.1) is 17.8 Å². The van der Waals surface area contributed by atoms with E-state index in [-0.39, 0.29) is 18.1 Å². The van der Waals surface area contributed by atoms with E-state index in [1.54, 1.807) is 4.68 Å². The highest BCUT2D eigenvalue weighted by molar-refractivity contribution is 7.12. The molecule has 0 radical (unpaired) electrons. The fourth-order valence-corrected chi connectivity index (χ4v) is 3.95. The Hall–Kier alpha value is -3.32. The predicted octanol–water partition coefficient (Wildman–Crippen LogP) is 4.93. The van der Waals surface area contributed by atoms with Crippen LogP contribution in [-0.4, -0.2) is 20.7 Å². The molecule has 0 bridgehead atoms. The molecule has 5 nitrogen and oxygen atoms in total. The van der Waals surface area contributed by atoms with Gasteiger partial charge in [-0.25, -0.2) is 14.1 Å². The molecule has 146 valence electrons. The minimum Gasteiger partial charge on any atom is -0.326 e. The summed E-state index contributed by atoms with van der Waals surface area (Å²) in [6.45, 7) is 3.82. The van der Waals surface area contributed by atoms with E-state index in [0.717, 1.165) is 33.3 Å². The van der Waals surface area contributed by atoms with E-state index in [1.807, 2.05) is 49.6 Å². The van der Waals surface area contributed by atoms with Crippen LogP contribution in [0, 0.1) is 19.7 Å². The molecule has 4 rings (SSSR count). The number of amides is 1. The maximum absolute atomic E-state index is 13.0. The number of nitrogens with zero attached hydrogens (tertiary/aromatic N) is 3. The van der Waals surface area contributed by atoms with Gasteiger partial charge in [-0.05, 0) is 38.1 Å². The third kappa shape index (κ3) is 4.09. The molecule has 2 aromatic carbocycles. The average Bonchev–Trinajstić information content (AvgIpc) is 3.31. The summed E-state index contributed by atoms with van der Waals surface area (Å²) in [7, 11) is 0. The summed E-state index contributed by atoms with van der Waals surface area (Å²) >= 11 is 1.51. The maximum Gasteiger partial charge on any atom is 0.228 e. The fraction of sp³-hybridized carbons (Fsp3) is 0.136. The van der Waals surface area contributed by atoms with Crippen LogP contribution in [0.2, 0.25) is 0 Å². The molecule has 2 heterocycles. The van der Waals surface area contributed by atoms with Crippen molar-refractivity contribution in [3.05, 3.63) is 82.7 Å². The van der Waals surface area contributed by atoms with Gasteiger partial charge in [0.2, 0.25) is 11.0 Å². The minimum atomic E-state index is -0.339. The van der Waals surface area contributed by atoms with Crippen molar-refractivity contribution in [3.63, 3.8) is 0 Å². The van der Waals surface area contributed by atoms with Crippen molar-refractivity contribution in [1.29, 1.82) is 0 Å². The van der Waals surface area contributed by atoms with Gasteiger partial charge < -0.3 is 5.32 Å². The third-order valence-corrected chi connectivity index (χ3v) is 5.47. The van der Waals surface area contributed by atoms with Gasteiger partial charge in [0.15, 0.2) is 0 Å². The van der Waals surface area contributed by atoms with Crippen molar-refractivity contribution in [2.45, 2.75) is 20.3 Å². The van der Waals surface area contributed by atoms with Gasteiger partial charge in [0.1, 0.15) is 5.82 Å². The molecule has 0 fully saturated rings. The second kappa shape index (κ2) is 7.97. The molecule has 0 saturated heterocycles. The standard InChI is InChI=1S/C22H19FN4OS/c1-14-19(12-21(28)24-18-10-8-17(23)9-11-18)15(2)27(26-14)22-25-20(13-29-22)16-6-4-3-5-7-16/h3-11,13H,12H2,1-2H3,(H,24,28). The van der Waals surface area contributed by atoms with Gasteiger partial charge in [-0.2, -0.15) is 5.10 Å². The molecule has 4 aromatic rings. The van der Waals surface area contributed by atoms with Gasteiger partial charge in [0, 0.05) is 27.9 Å². The molecule has 0 aliphatic heterocycles. The van der Waals surface area contributed by atoms with Crippen molar-refractivity contribution < 1.29 is 9.18 Å². The quantitative estimate of drug-likeness (QED) is 0.511. The number of hydrogen-bond acceptors (Lipinski definition) is 4. The summed E-state index contributed by atoms with van der Waals surface area (Å²) in [6.07, 6.45) is 0.186. The summed E-state index contributed by atoms with van der Waals surface area (Å²) in [5.74, 6) is -0.513. The second-order valence-electron chi connectivity index (χ2n) is 6.67. The first-order valence-corrected chi connectivity index (χ1v) is 10.0. The molecule has 0 spiro atoms. The summed E-state index contributed by atoms with van der Waals surface area (Å²) in [6, 6.07) is 15.7. The Labute approximate surface area is 171 Å². The van der Waals surface area contributed by atoms with Crippen LogP contribution >= 0.6 is 11.3 Å². The van der Waals surface area contributed by atoms with Crippen LogP contribution in [0.5, 0.6) is 0 Å². The molecule has 0 atom stereocenters. The molecular formula is C22H19FN4OS. The zero-order valence-corrected chi connectivity index (χ0v) is 16.8. The van der Waals surface area contributed by atoms with Crippen LogP contribution < -0.4 is 5.32 Å². The normalized spacial score (nSPS) is 10.9. The minimum absolute atomic E-state index is 0.175. The van der Waals surface area contributed by atoms with Crippen molar-refractivity contribution in [2.75, 3.05) is 5.32 Å². The topological polar surface area (TPSA) is 59.8 Å². The van der Waals surface area contributed by atoms with E-state index in [1.165, 1.54) is 35.6 Å². The molecule has 1 amide bonds. The largest absolute Gasteiger partial charge is 0.326 e. The molecule has 0 aliphatic carbocycles. The van der Waals surface area contributed by atoms with E-state index in [4.69, 9.17) is 4.98 Å². The lowest BCUT2D eigenvalue weighted by molar-refractivity contribution is -0.115. The van der Waals surface area contributed by atoms with Crippen LogP contribution in [0.15, 0.2) is 60.0 Å². The van der Waals surface area contributed by atoms with Gasteiger partial charge in [-0.3, -0.25) is 4.79 Å². The number of carbonyl (C=O) groups is 1. The summed E-state index contributed by atoms with van der Waals surface area (Å²) in [5.41, 5.74) is 5.04. The van der Waals surface area contributed by atoms with Crippen molar-refractivity contribution in [1.82, 2.24) is 14.8 Å². The Morgan fingerprint density at radius 1 is 1.10 bits per heavy atom. The van der Waals surface area contributed by atoms with Crippen LogP contribution in [0.3, 0.4) is 0 Å². The van der Waals surface area contributed by atoms with Gasteiger partial charge >= 0.3 is 0 Å². The number of thiazole rings is 1. The molecule has 0 saturated carbocycles. The zero-order valence-electron chi connectivity index (χ0n) is 16.0. The number of rotatable bonds is 5. The van der Waals surface area contributed by atoms with Crippen LogP contribution in [0.1, 0.15) is 17.0 Å². The van der Waals surface area contributed by atoms with Crippen LogP contribution in [0.4, 0.5) is 10.1 Å². The first-order chi connectivity index (χ1) is 14.0. The van der Waals surface area contributed by atoms with E-state index >= 15 is 0 Å². The van der Waals surface area contributed by atoms with Gasteiger partial charge in [-0.15, -0.1) is 11.3 Å². The lowest BCUT2D eigenvalue weighted by atomic mass is 10.1. The van der Waals surface area contributed by atoms with Crippen molar-refractivity contribution in [2.24, 2.45) is 0 Å². The van der Waals surface area contributed by atoms with Crippen molar-refractivity contribution >= 4 is 22.9 Å². The fourth-order valence-electron chi connectivity index (χ4n) is 3.12. The number of carbonyl (C=O) groups excluding carboxylic acids is 1. The Morgan fingerprint density at radius 2 is 1.83 bits per heavy atom. The van der Waals surface area contributed by atoms with Gasteiger partial charge in [0.25, 0.3) is 0 Å².